The summed E-state index contributed by atoms with van der Waals surface area (Å²) in [5.41, 5.74) is 3.43. The number of amides is 2. The van der Waals surface area contributed by atoms with Gasteiger partial charge in [-0.25, -0.2) is 0 Å². The number of ether oxygens (including phenoxy) is 1. The van der Waals surface area contributed by atoms with Crippen LogP contribution in [0.4, 0.5) is 0 Å². The minimum Gasteiger partial charge on any atom is -0.496 e. The van der Waals surface area contributed by atoms with Gasteiger partial charge >= 0.3 is 0 Å². The smallest absolute Gasteiger partial charge is 0.260 e. The van der Waals surface area contributed by atoms with Gasteiger partial charge in [0.05, 0.1) is 12.0 Å². The van der Waals surface area contributed by atoms with E-state index in [1.165, 1.54) is 6.42 Å². The second-order valence-electron chi connectivity index (χ2n) is 9.70. The van der Waals surface area contributed by atoms with Crippen LogP contribution in [0, 0.1) is 0 Å². The molecule has 3 aromatic rings. The monoisotopic (exact) mass is 546 g/mol. The van der Waals surface area contributed by atoms with Gasteiger partial charge in [-0.3, -0.25) is 9.59 Å². The minimum absolute atomic E-state index is 0.0664. The number of hydrogen-bond acceptors (Lipinski definition) is 4. The van der Waals surface area contributed by atoms with Crippen LogP contribution in [0.2, 0.25) is 5.02 Å². The summed E-state index contributed by atoms with van der Waals surface area (Å²) < 4.78 is 5.36. The summed E-state index contributed by atoms with van der Waals surface area (Å²) in [5, 5.41) is 4.03. The maximum Gasteiger partial charge on any atom is 0.260 e. The van der Waals surface area contributed by atoms with Crippen LogP contribution in [0.1, 0.15) is 52.7 Å². The molecule has 2 atom stereocenters. The SMILES string of the molecule is COc1ccccc1CNC(=O)c1ccc(/C=C2/SC3CCCCC3N(Cc3cccc(Cl)c3)C2=O)cc1. The fraction of sp³-hybridized carbons (Fsp3) is 0.290. The van der Waals surface area contributed by atoms with E-state index in [1.807, 2.05) is 71.6 Å². The highest BCUT2D eigenvalue weighted by Crippen LogP contribution is 2.42. The Balaban J connectivity index is 1.30. The maximum atomic E-state index is 13.7. The topological polar surface area (TPSA) is 58.6 Å². The first-order valence-electron chi connectivity index (χ1n) is 13.0. The molecule has 2 fully saturated rings. The van der Waals surface area contributed by atoms with E-state index < -0.39 is 0 Å². The van der Waals surface area contributed by atoms with Crippen LogP contribution >= 0.6 is 23.4 Å². The quantitative estimate of drug-likeness (QED) is 0.335. The van der Waals surface area contributed by atoms with Crippen LogP contribution in [0.15, 0.2) is 77.7 Å². The number of thioether (sulfide) groups is 1. The van der Waals surface area contributed by atoms with Crippen LogP contribution < -0.4 is 10.1 Å². The van der Waals surface area contributed by atoms with Gasteiger partial charge in [-0.05, 0) is 60.4 Å². The maximum absolute atomic E-state index is 13.7. The molecule has 1 saturated heterocycles. The highest BCUT2D eigenvalue weighted by atomic mass is 35.5. The second kappa shape index (κ2) is 12.1. The van der Waals surface area contributed by atoms with Crippen molar-refractivity contribution in [2.24, 2.45) is 0 Å². The lowest BCUT2D eigenvalue weighted by molar-refractivity contribution is -0.130. The Bertz CT molecular complexity index is 1340. The summed E-state index contributed by atoms with van der Waals surface area (Å²) in [6, 6.07) is 23.0. The number of carbonyl (C=O) groups is 2. The van der Waals surface area contributed by atoms with Crippen molar-refractivity contribution in [3.63, 3.8) is 0 Å². The predicted octanol–water partition coefficient (Wildman–Crippen LogP) is 6.71. The first kappa shape index (κ1) is 26.4. The molecule has 3 aromatic carbocycles. The van der Waals surface area contributed by atoms with Crippen molar-refractivity contribution in [1.29, 1.82) is 0 Å². The number of hydrogen-bond donors (Lipinski definition) is 1. The highest BCUT2D eigenvalue weighted by molar-refractivity contribution is 8.04. The zero-order valence-electron chi connectivity index (χ0n) is 21.4. The summed E-state index contributed by atoms with van der Waals surface area (Å²) in [4.78, 5) is 29.2. The number of rotatable bonds is 7. The number of para-hydroxylation sites is 1. The van der Waals surface area contributed by atoms with Crippen molar-refractivity contribution in [2.45, 2.75) is 50.1 Å². The third-order valence-corrected chi connectivity index (χ3v) is 8.80. The summed E-state index contributed by atoms with van der Waals surface area (Å²) in [5.74, 6) is 0.654. The van der Waals surface area contributed by atoms with Gasteiger partial charge in [-0.2, -0.15) is 0 Å². The van der Waals surface area contributed by atoms with Crippen LogP contribution in [0.5, 0.6) is 5.75 Å². The van der Waals surface area contributed by atoms with Crippen molar-refractivity contribution in [1.82, 2.24) is 10.2 Å². The van der Waals surface area contributed by atoms with E-state index in [0.29, 0.717) is 28.9 Å². The van der Waals surface area contributed by atoms with Crippen LogP contribution in [0.3, 0.4) is 0 Å². The first-order valence-corrected chi connectivity index (χ1v) is 14.2. The number of nitrogens with zero attached hydrogens (tertiary/aromatic N) is 1. The van der Waals surface area contributed by atoms with Gasteiger partial charge in [0.1, 0.15) is 5.75 Å². The molecule has 0 spiro atoms. The van der Waals surface area contributed by atoms with E-state index in [4.69, 9.17) is 16.3 Å². The molecule has 7 heteroatoms. The first-order chi connectivity index (χ1) is 18.5. The molecular formula is C31H31ClN2O3S. The molecule has 2 unspecified atom stereocenters. The third kappa shape index (κ3) is 6.08. The molecule has 0 bridgehead atoms. The molecule has 38 heavy (non-hydrogen) atoms. The summed E-state index contributed by atoms with van der Waals surface area (Å²) in [6.07, 6.45) is 6.45. The second-order valence-corrected chi connectivity index (χ2v) is 11.4. The molecule has 0 aromatic heterocycles. The average molecular weight is 547 g/mol. The van der Waals surface area contributed by atoms with Gasteiger partial charge in [-0.15, -0.1) is 11.8 Å². The molecule has 5 nitrogen and oxygen atoms in total. The molecule has 0 radical (unpaired) electrons. The Morgan fingerprint density at radius 3 is 2.66 bits per heavy atom. The van der Waals surface area contributed by atoms with E-state index in [9.17, 15) is 9.59 Å². The van der Waals surface area contributed by atoms with Crippen molar-refractivity contribution < 1.29 is 14.3 Å². The van der Waals surface area contributed by atoms with Gasteiger partial charge in [-0.1, -0.05) is 66.9 Å². The van der Waals surface area contributed by atoms with E-state index in [-0.39, 0.29) is 17.9 Å². The van der Waals surface area contributed by atoms with Crippen molar-refractivity contribution in [3.8, 4) is 5.75 Å². The fourth-order valence-corrected chi connectivity index (χ4v) is 6.89. The highest BCUT2D eigenvalue weighted by Gasteiger charge is 2.40. The average Bonchev–Trinajstić information content (AvgIpc) is 2.94. The molecular weight excluding hydrogens is 516 g/mol. The fourth-order valence-electron chi connectivity index (χ4n) is 5.20. The van der Waals surface area contributed by atoms with Crippen molar-refractivity contribution in [2.75, 3.05) is 7.11 Å². The Kier molecular flexibility index (Phi) is 8.40. The molecule has 1 heterocycles. The number of nitrogens with one attached hydrogen (secondary N) is 1. The lowest BCUT2D eigenvalue weighted by atomic mass is 9.92. The van der Waals surface area contributed by atoms with Gasteiger partial charge in [0.25, 0.3) is 11.8 Å². The van der Waals surface area contributed by atoms with E-state index >= 15 is 0 Å². The third-order valence-electron chi connectivity index (χ3n) is 7.16. The van der Waals surface area contributed by atoms with E-state index in [1.54, 1.807) is 31.0 Å². The Morgan fingerprint density at radius 2 is 1.87 bits per heavy atom. The lowest BCUT2D eigenvalue weighted by Crippen LogP contribution is -2.50. The molecule has 1 aliphatic heterocycles. The van der Waals surface area contributed by atoms with Crippen LogP contribution in [-0.4, -0.2) is 35.1 Å². The standard InChI is InChI=1S/C31H31ClN2O3S/c1-37-27-11-4-2-8-24(27)19-33-30(35)23-15-13-21(14-16-23)18-29-31(36)34(20-22-7-6-9-25(32)17-22)26-10-3-5-12-28(26)38-29/h2,4,6-9,11,13-18,26,28H,3,5,10,12,19-20H2,1H3,(H,33,35)/b29-18+. The van der Waals surface area contributed by atoms with Gasteiger partial charge in [0.2, 0.25) is 0 Å². The summed E-state index contributed by atoms with van der Waals surface area (Å²) in [7, 11) is 1.62. The van der Waals surface area contributed by atoms with Crippen LogP contribution in [0.25, 0.3) is 6.08 Å². The molecule has 1 N–H and O–H groups in total. The lowest BCUT2D eigenvalue weighted by Gasteiger charge is -2.44. The zero-order valence-corrected chi connectivity index (χ0v) is 22.9. The molecule has 2 amide bonds. The largest absolute Gasteiger partial charge is 0.496 e. The Hall–Kier alpha value is -3.22. The van der Waals surface area contributed by atoms with Crippen LogP contribution in [-0.2, 0) is 17.9 Å². The minimum atomic E-state index is -0.157. The molecule has 5 rings (SSSR count). The number of carbonyl (C=O) groups excluding carboxylic acids is 2. The predicted molar refractivity (Wildman–Crippen MR) is 154 cm³/mol. The van der Waals surface area contributed by atoms with Gasteiger partial charge in [0, 0.05) is 40.5 Å². The molecule has 196 valence electrons. The van der Waals surface area contributed by atoms with Crippen molar-refractivity contribution in [3.05, 3.63) is 105 Å². The number of benzene rings is 3. The Labute approximate surface area is 233 Å². The van der Waals surface area contributed by atoms with Gasteiger partial charge < -0.3 is 15.0 Å². The summed E-state index contributed by atoms with van der Waals surface area (Å²) in [6.45, 7) is 0.939. The van der Waals surface area contributed by atoms with Gasteiger partial charge in [0.15, 0.2) is 0 Å². The number of halogens is 1. The number of fused-ring (bicyclic) bond motifs is 1. The normalized spacial score (nSPS) is 20.2. The molecule has 1 aliphatic carbocycles. The van der Waals surface area contributed by atoms with E-state index in [0.717, 1.165) is 46.6 Å². The molecule has 2 aliphatic rings. The van der Waals surface area contributed by atoms with E-state index in [2.05, 4.69) is 5.32 Å². The Morgan fingerprint density at radius 1 is 1.08 bits per heavy atom. The number of methoxy groups -OCH3 is 1. The zero-order chi connectivity index (χ0) is 26.5. The molecule has 1 saturated carbocycles. The van der Waals surface area contributed by atoms with Crippen molar-refractivity contribution >= 4 is 41.3 Å². The summed E-state index contributed by atoms with van der Waals surface area (Å²) >= 11 is 7.93.